The van der Waals surface area contributed by atoms with E-state index in [1.807, 2.05) is 46.0 Å². The molecule has 0 spiro atoms. The highest BCUT2D eigenvalue weighted by Gasteiger charge is 2.41. The molecule has 2 aromatic heterocycles. The lowest BCUT2D eigenvalue weighted by Gasteiger charge is -2.28. The summed E-state index contributed by atoms with van der Waals surface area (Å²) in [6, 6.07) is 15.8. The van der Waals surface area contributed by atoms with E-state index in [2.05, 4.69) is 10.3 Å². The zero-order chi connectivity index (χ0) is 22.7. The Labute approximate surface area is 190 Å². The number of esters is 1. The van der Waals surface area contributed by atoms with E-state index in [1.54, 1.807) is 30.5 Å². The van der Waals surface area contributed by atoms with Crippen molar-refractivity contribution in [2.75, 3.05) is 13.7 Å². The van der Waals surface area contributed by atoms with Crippen LogP contribution in [0.4, 0.5) is 0 Å². The van der Waals surface area contributed by atoms with Crippen molar-refractivity contribution in [2.45, 2.75) is 18.5 Å². The summed E-state index contributed by atoms with van der Waals surface area (Å²) >= 11 is 5.62. The highest BCUT2D eigenvalue weighted by Crippen LogP contribution is 2.39. The molecule has 1 fully saturated rings. The number of pyridine rings is 1. The number of hydrogen-bond donors (Lipinski definition) is 2. The van der Waals surface area contributed by atoms with Gasteiger partial charge in [-0.15, -0.1) is 0 Å². The van der Waals surface area contributed by atoms with E-state index in [0.29, 0.717) is 11.7 Å². The van der Waals surface area contributed by atoms with Gasteiger partial charge in [0.1, 0.15) is 0 Å². The number of carboxylic acids is 1. The largest absolute Gasteiger partial charge is 0.478 e. The molecule has 4 rings (SSSR count). The topological polar surface area (TPSA) is 96.7 Å². The number of rotatable bonds is 7. The van der Waals surface area contributed by atoms with Crippen LogP contribution in [0.25, 0.3) is 5.69 Å². The van der Waals surface area contributed by atoms with Crippen molar-refractivity contribution in [3.8, 4) is 5.69 Å². The maximum Gasteiger partial charge on any atom is 0.335 e. The summed E-state index contributed by atoms with van der Waals surface area (Å²) in [4.78, 5) is 29.5. The second kappa shape index (κ2) is 9.19. The van der Waals surface area contributed by atoms with Crippen molar-refractivity contribution < 1.29 is 19.4 Å². The van der Waals surface area contributed by atoms with Crippen molar-refractivity contribution in [1.29, 1.82) is 0 Å². The highest BCUT2D eigenvalue weighted by atomic mass is 32.1. The SMILES string of the molecule is COC(=O)CCN1C(=S)N[C@H](c2ccccn2)[C@H]1c1cccn1-c1ccc(C(=O)O)cc1. The Bertz CT molecular complexity index is 1130. The molecule has 0 aliphatic carbocycles. The summed E-state index contributed by atoms with van der Waals surface area (Å²) in [5.74, 6) is -1.29. The Kier molecular flexibility index (Phi) is 6.18. The maximum atomic E-state index is 11.8. The Morgan fingerprint density at radius 3 is 2.59 bits per heavy atom. The van der Waals surface area contributed by atoms with Gasteiger partial charge in [-0.3, -0.25) is 9.78 Å². The summed E-state index contributed by atoms with van der Waals surface area (Å²) in [7, 11) is 1.36. The molecule has 1 aromatic carbocycles. The summed E-state index contributed by atoms with van der Waals surface area (Å²) in [5.41, 5.74) is 2.80. The van der Waals surface area contributed by atoms with Crippen molar-refractivity contribution in [3.63, 3.8) is 0 Å². The van der Waals surface area contributed by atoms with Gasteiger partial charge in [0, 0.05) is 30.3 Å². The molecule has 9 heteroatoms. The van der Waals surface area contributed by atoms with Crippen LogP contribution in [0.3, 0.4) is 0 Å². The molecule has 0 amide bonds. The zero-order valence-electron chi connectivity index (χ0n) is 17.3. The third-order valence-electron chi connectivity index (χ3n) is 5.46. The molecule has 2 atom stereocenters. The van der Waals surface area contributed by atoms with Crippen LogP contribution in [-0.4, -0.2) is 50.3 Å². The van der Waals surface area contributed by atoms with Crippen molar-refractivity contribution in [3.05, 3.63) is 83.9 Å². The number of benzene rings is 1. The molecule has 32 heavy (non-hydrogen) atoms. The smallest absolute Gasteiger partial charge is 0.335 e. The number of aromatic nitrogens is 2. The Morgan fingerprint density at radius 2 is 1.94 bits per heavy atom. The molecule has 3 heterocycles. The molecule has 1 saturated heterocycles. The molecule has 0 saturated carbocycles. The number of nitrogens with zero attached hydrogens (tertiary/aromatic N) is 3. The molecular weight excluding hydrogens is 428 g/mol. The van der Waals surface area contributed by atoms with Crippen LogP contribution in [-0.2, 0) is 9.53 Å². The normalized spacial score (nSPS) is 17.8. The van der Waals surface area contributed by atoms with E-state index in [0.717, 1.165) is 17.1 Å². The van der Waals surface area contributed by atoms with Crippen LogP contribution in [0.15, 0.2) is 67.0 Å². The number of ether oxygens (including phenoxy) is 1. The first-order chi connectivity index (χ1) is 15.5. The average Bonchev–Trinajstić information content (AvgIpc) is 3.42. The van der Waals surface area contributed by atoms with Gasteiger partial charge in [-0.05, 0) is 60.7 Å². The van der Waals surface area contributed by atoms with Crippen LogP contribution < -0.4 is 5.32 Å². The zero-order valence-corrected chi connectivity index (χ0v) is 18.2. The van der Waals surface area contributed by atoms with Gasteiger partial charge in [0.2, 0.25) is 0 Å². The molecule has 1 aliphatic rings. The number of aromatic carboxylic acids is 1. The highest BCUT2D eigenvalue weighted by molar-refractivity contribution is 7.80. The summed E-state index contributed by atoms with van der Waals surface area (Å²) < 4.78 is 6.80. The fourth-order valence-electron chi connectivity index (χ4n) is 3.92. The van der Waals surface area contributed by atoms with E-state index in [1.165, 1.54) is 7.11 Å². The minimum atomic E-state index is -0.973. The quantitative estimate of drug-likeness (QED) is 0.419. The maximum absolute atomic E-state index is 11.8. The monoisotopic (exact) mass is 450 g/mol. The molecule has 2 N–H and O–H groups in total. The number of hydrogen-bond acceptors (Lipinski definition) is 5. The van der Waals surface area contributed by atoms with E-state index in [9.17, 15) is 14.7 Å². The summed E-state index contributed by atoms with van der Waals surface area (Å²) in [5, 5.41) is 13.1. The lowest BCUT2D eigenvalue weighted by molar-refractivity contribution is -0.140. The molecule has 164 valence electrons. The Hall–Kier alpha value is -3.72. The van der Waals surface area contributed by atoms with Crippen molar-refractivity contribution >= 4 is 29.3 Å². The molecule has 1 aliphatic heterocycles. The first-order valence-electron chi connectivity index (χ1n) is 10.1. The molecule has 8 nitrogen and oxygen atoms in total. The van der Waals surface area contributed by atoms with Gasteiger partial charge in [-0.25, -0.2) is 4.79 Å². The van der Waals surface area contributed by atoms with E-state index >= 15 is 0 Å². The van der Waals surface area contributed by atoms with Crippen LogP contribution in [0.2, 0.25) is 0 Å². The third-order valence-corrected chi connectivity index (χ3v) is 5.81. The number of methoxy groups -OCH3 is 1. The fourth-order valence-corrected chi connectivity index (χ4v) is 4.25. The number of nitrogens with one attached hydrogen (secondary N) is 1. The third kappa shape index (κ3) is 4.19. The summed E-state index contributed by atoms with van der Waals surface area (Å²) in [6.45, 7) is 0.385. The van der Waals surface area contributed by atoms with Crippen molar-refractivity contribution in [1.82, 2.24) is 19.8 Å². The minimum Gasteiger partial charge on any atom is -0.478 e. The first kappa shape index (κ1) is 21.5. The molecule has 0 bridgehead atoms. The fraction of sp³-hybridized carbons (Fsp3) is 0.217. The molecule has 3 aromatic rings. The molecule has 0 unspecified atom stereocenters. The second-order valence-electron chi connectivity index (χ2n) is 7.30. The van der Waals surface area contributed by atoms with Gasteiger partial charge < -0.3 is 24.6 Å². The van der Waals surface area contributed by atoms with E-state index < -0.39 is 5.97 Å². The van der Waals surface area contributed by atoms with Gasteiger partial charge >= 0.3 is 11.9 Å². The van der Waals surface area contributed by atoms with Crippen molar-refractivity contribution in [2.24, 2.45) is 0 Å². The first-order valence-corrected chi connectivity index (χ1v) is 10.5. The second-order valence-corrected chi connectivity index (χ2v) is 7.69. The van der Waals surface area contributed by atoms with Gasteiger partial charge in [0.05, 0.1) is 36.9 Å². The molecular formula is C23H22N4O4S. The number of carbonyl (C=O) groups is 2. The predicted octanol–water partition coefficient (Wildman–Crippen LogP) is 3.11. The minimum absolute atomic E-state index is 0.192. The van der Waals surface area contributed by atoms with Gasteiger partial charge in [-0.2, -0.15) is 0 Å². The number of carbonyl (C=O) groups excluding carboxylic acids is 1. The van der Waals surface area contributed by atoms with Crippen LogP contribution in [0.1, 0.15) is 40.3 Å². The standard InChI is InChI=1S/C23H22N4O4S/c1-31-19(28)11-14-27-21(20(25-23(27)32)17-5-2-3-12-24-17)18-6-4-13-26(18)16-9-7-15(8-10-16)22(29)30/h2-10,12-13,20-21H,11,14H2,1H3,(H,25,32)(H,29,30)/t20-,21-/m1/s1. The van der Waals surface area contributed by atoms with E-state index in [-0.39, 0.29) is 30.0 Å². The molecule has 0 radical (unpaired) electrons. The van der Waals surface area contributed by atoms with Crippen LogP contribution in [0.5, 0.6) is 0 Å². The van der Waals surface area contributed by atoms with Gasteiger partial charge in [0.25, 0.3) is 0 Å². The summed E-state index contributed by atoms with van der Waals surface area (Å²) in [6.07, 6.45) is 3.84. The lowest BCUT2D eigenvalue weighted by Crippen LogP contribution is -2.32. The average molecular weight is 451 g/mol. The Balaban J connectivity index is 1.74. The Morgan fingerprint density at radius 1 is 1.16 bits per heavy atom. The predicted molar refractivity (Wildman–Crippen MR) is 122 cm³/mol. The van der Waals surface area contributed by atoms with E-state index in [4.69, 9.17) is 17.0 Å². The number of thiocarbonyl (C=S) groups is 1. The number of carboxylic acid groups (broad SMARTS) is 1. The van der Waals surface area contributed by atoms with Gasteiger partial charge in [-0.1, -0.05) is 6.07 Å². The van der Waals surface area contributed by atoms with Crippen LogP contribution in [0, 0.1) is 0 Å². The van der Waals surface area contributed by atoms with Gasteiger partial charge in [0.15, 0.2) is 5.11 Å². The van der Waals surface area contributed by atoms with Crippen LogP contribution >= 0.6 is 12.2 Å². The lowest BCUT2D eigenvalue weighted by atomic mass is 10.0.